The van der Waals surface area contributed by atoms with E-state index in [0.717, 1.165) is 28.9 Å². The van der Waals surface area contributed by atoms with Gasteiger partial charge in [-0.2, -0.15) is 0 Å². The Morgan fingerprint density at radius 1 is 1.04 bits per heavy atom. The molecule has 2 aromatic carbocycles. The number of nitrogens with zero attached hydrogens (tertiary/aromatic N) is 2. The second-order valence-corrected chi connectivity index (χ2v) is 7.08. The van der Waals surface area contributed by atoms with Gasteiger partial charge in [0.2, 0.25) is 5.95 Å². The zero-order valence-electron chi connectivity index (χ0n) is 16.8. The summed E-state index contributed by atoms with van der Waals surface area (Å²) in [7, 11) is 0. The van der Waals surface area contributed by atoms with Gasteiger partial charge < -0.3 is 10.6 Å². The molecule has 5 heteroatoms. The Morgan fingerprint density at radius 3 is 2.43 bits per heavy atom. The maximum Gasteiger partial charge on any atom is 0.258 e. The quantitative estimate of drug-likeness (QED) is 0.601. The molecular formula is C23H26N4O. The molecule has 2 N–H and O–H groups in total. The fourth-order valence-electron chi connectivity index (χ4n) is 3.11. The molecule has 1 heterocycles. The first-order valence-corrected chi connectivity index (χ1v) is 9.57. The molecule has 0 aliphatic carbocycles. The molecule has 3 rings (SSSR count). The van der Waals surface area contributed by atoms with E-state index in [1.807, 2.05) is 43.3 Å². The Labute approximate surface area is 166 Å². The van der Waals surface area contributed by atoms with Gasteiger partial charge in [0.05, 0.1) is 5.56 Å². The molecule has 1 amide bonds. The number of hydrogen-bond donors (Lipinski definition) is 2. The van der Waals surface area contributed by atoms with Crippen LogP contribution in [0, 0.1) is 6.92 Å². The fraction of sp³-hybridized carbons (Fsp3) is 0.261. The lowest BCUT2D eigenvalue weighted by molar-refractivity contribution is 0.102. The molecule has 3 aromatic rings. The minimum absolute atomic E-state index is 0.211. The van der Waals surface area contributed by atoms with Crippen molar-refractivity contribution in [2.45, 2.75) is 40.0 Å². The number of carbonyl (C=O) groups is 1. The zero-order chi connectivity index (χ0) is 20.1. The molecule has 0 spiro atoms. The third kappa shape index (κ3) is 4.36. The van der Waals surface area contributed by atoms with Crippen LogP contribution in [0.15, 0.2) is 54.9 Å². The van der Waals surface area contributed by atoms with E-state index in [-0.39, 0.29) is 5.91 Å². The van der Waals surface area contributed by atoms with Crippen LogP contribution in [0.4, 0.5) is 17.3 Å². The summed E-state index contributed by atoms with van der Waals surface area (Å²) in [6.07, 6.45) is 4.01. The average Bonchev–Trinajstić information content (AvgIpc) is 2.70. The summed E-state index contributed by atoms with van der Waals surface area (Å²) in [4.78, 5) is 21.3. The molecular weight excluding hydrogens is 348 g/mol. The van der Waals surface area contributed by atoms with Crippen molar-refractivity contribution in [1.82, 2.24) is 9.97 Å². The highest BCUT2D eigenvalue weighted by atomic mass is 16.1. The van der Waals surface area contributed by atoms with Crippen molar-refractivity contribution in [1.29, 1.82) is 0 Å². The normalized spacial score (nSPS) is 10.8. The standard InChI is InChI=1S/C23H26N4O/c1-5-17-10-6-7-12-20(17)26-23-24-13-18(14-25-23)22(28)27-21-16(4)9-8-11-19(21)15(2)3/h6-15H,5H2,1-4H3,(H,27,28)(H,24,25,26). The van der Waals surface area contributed by atoms with E-state index in [9.17, 15) is 4.79 Å². The monoisotopic (exact) mass is 374 g/mol. The van der Waals surface area contributed by atoms with E-state index in [1.165, 1.54) is 5.56 Å². The topological polar surface area (TPSA) is 66.9 Å². The maximum atomic E-state index is 12.7. The number of amides is 1. The fourth-order valence-corrected chi connectivity index (χ4v) is 3.11. The van der Waals surface area contributed by atoms with Gasteiger partial charge in [0.1, 0.15) is 0 Å². The molecule has 0 fully saturated rings. The predicted octanol–water partition coefficient (Wildman–Crippen LogP) is 5.47. The van der Waals surface area contributed by atoms with Crippen LogP contribution < -0.4 is 10.6 Å². The first kappa shape index (κ1) is 19.5. The number of aryl methyl sites for hydroxylation is 2. The summed E-state index contributed by atoms with van der Waals surface area (Å²) in [5, 5.41) is 6.24. The van der Waals surface area contributed by atoms with E-state index in [4.69, 9.17) is 0 Å². The lowest BCUT2D eigenvalue weighted by Gasteiger charge is -2.16. The van der Waals surface area contributed by atoms with Crippen molar-refractivity contribution in [3.63, 3.8) is 0 Å². The van der Waals surface area contributed by atoms with Crippen molar-refractivity contribution in [3.8, 4) is 0 Å². The van der Waals surface area contributed by atoms with Gasteiger partial charge in [0.25, 0.3) is 5.91 Å². The zero-order valence-corrected chi connectivity index (χ0v) is 16.8. The van der Waals surface area contributed by atoms with Crippen molar-refractivity contribution in [2.24, 2.45) is 0 Å². The number of nitrogens with one attached hydrogen (secondary N) is 2. The van der Waals surface area contributed by atoms with Crippen LogP contribution in [0.25, 0.3) is 0 Å². The minimum Gasteiger partial charge on any atom is -0.324 e. The van der Waals surface area contributed by atoms with Gasteiger partial charge in [-0.3, -0.25) is 4.79 Å². The van der Waals surface area contributed by atoms with Gasteiger partial charge in [-0.05, 0) is 42.0 Å². The molecule has 0 aliphatic rings. The van der Waals surface area contributed by atoms with Crippen molar-refractivity contribution in [3.05, 3.63) is 77.1 Å². The molecule has 1 aromatic heterocycles. The molecule has 0 unspecified atom stereocenters. The Morgan fingerprint density at radius 2 is 1.75 bits per heavy atom. The van der Waals surface area contributed by atoms with Gasteiger partial charge >= 0.3 is 0 Å². The number of benzene rings is 2. The molecule has 0 saturated carbocycles. The third-order valence-electron chi connectivity index (χ3n) is 4.72. The molecule has 0 aliphatic heterocycles. The number of anilines is 3. The Kier molecular flexibility index (Phi) is 6.04. The first-order valence-electron chi connectivity index (χ1n) is 9.57. The molecule has 0 saturated heterocycles. The highest BCUT2D eigenvalue weighted by molar-refractivity contribution is 6.04. The third-order valence-corrected chi connectivity index (χ3v) is 4.72. The van der Waals surface area contributed by atoms with Gasteiger partial charge in [-0.15, -0.1) is 0 Å². The molecule has 0 atom stereocenters. The van der Waals surface area contributed by atoms with Crippen molar-refractivity contribution >= 4 is 23.2 Å². The van der Waals surface area contributed by atoms with Crippen LogP contribution in [-0.2, 0) is 6.42 Å². The number of rotatable bonds is 6. The van der Waals surface area contributed by atoms with Crippen molar-refractivity contribution in [2.75, 3.05) is 10.6 Å². The number of aromatic nitrogens is 2. The summed E-state index contributed by atoms with van der Waals surface area (Å²) in [6, 6.07) is 14.1. The Balaban J connectivity index is 1.76. The van der Waals surface area contributed by atoms with Crippen LogP contribution >= 0.6 is 0 Å². The minimum atomic E-state index is -0.211. The number of carbonyl (C=O) groups excluding carboxylic acids is 1. The lowest BCUT2D eigenvalue weighted by Crippen LogP contribution is -2.15. The lowest BCUT2D eigenvalue weighted by atomic mass is 9.98. The van der Waals surface area contributed by atoms with Crippen LogP contribution in [0.1, 0.15) is 53.7 Å². The van der Waals surface area contributed by atoms with Gasteiger partial charge in [0.15, 0.2) is 0 Å². The van der Waals surface area contributed by atoms with Crippen LogP contribution in [0.3, 0.4) is 0 Å². The molecule has 0 radical (unpaired) electrons. The first-order chi connectivity index (χ1) is 13.5. The largest absolute Gasteiger partial charge is 0.324 e. The van der Waals surface area contributed by atoms with Crippen LogP contribution in [-0.4, -0.2) is 15.9 Å². The van der Waals surface area contributed by atoms with E-state index in [0.29, 0.717) is 17.4 Å². The van der Waals surface area contributed by atoms with Crippen LogP contribution in [0.5, 0.6) is 0 Å². The van der Waals surface area contributed by atoms with Gasteiger partial charge in [-0.1, -0.05) is 57.2 Å². The molecule has 0 bridgehead atoms. The SMILES string of the molecule is CCc1ccccc1Nc1ncc(C(=O)Nc2c(C)cccc2C(C)C)cn1. The maximum absolute atomic E-state index is 12.7. The summed E-state index contributed by atoms with van der Waals surface area (Å²) < 4.78 is 0. The number of para-hydroxylation sites is 2. The van der Waals surface area contributed by atoms with E-state index < -0.39 is 0 Å². The second-order valence-electron chi connectivity index (χ2n) is 7.08. The highest BCUT2D eigenvalue weighted by Crippen LogP contribution is 2.28. The summed E-state index contributed by atoms with van der Waals surface area (Å²) in [5.41, 5.74) is 5.60. The second kappa shape index (κ2) is 8.65. The van der Waals surface area contributed by atoms with Crippen molar-refractivity contribution < 1.29 is 4.79 Å². The van der Waals surface area contributed by atoms with E-state index in [1.54, 1.807) is 12.4 Å². The van der Waals surface area contributed by atoms with Gasteiger partial charge in [0, 0.05) is 23.8 Å². The van der Waals surface area contributed by atoms with Gasteiger partial charge in [-0.25, -0.2) is 9.97 Å². The summed E-state index contributed by atoms with van der Waals surface area (Å²) in [6.45, 7) is 8.33. The smallest absolute Gasteiger partial charge is 0.258 e. The molecule has 28 heavy (non-hydrogen) atoms. The highest BCUT2D eigenvalue weighted by Gasteiger charge is 2.14. The molecule has 5 nitrogen and oxygen atoms in total. The Hall–Kier alpha value is -3.21. The van der Waals surface area contributed by atoms with E-state index in [2.05, 4.69) is 47.4 Å². The predicted molar refractivity (Wildman–Crippen MR) is 114 cm³/mol. The average molecular weight is 374 g/mol. The van der Waals surface area contributed by atoms with Crippen LogP contribution in [0.2, 0.25) is 0 Å². The summed E-state index contributed by atoms with van der Waals surface area (Å²) >= 11 is 0. The van der Waals surface area contributed by atoms with E-state index >= 15 is 0 Å². The number of hydrogen-bond acceptors (Lipinski definition) is 4. The molecule has 144 valence electrons. The summed E-state index contributed by atoms with van der Waals surface area (Å²) in [5.74, 6) is 0.574. The Bertz CT molecular complexity index is 965.